The van der Waals surface area contributed by atoms with Crippen molar-refractivity contribution >= 4 is 40.4 Å². The summed E-state index contributed by atoms with van der Waals surface area (Å²) in [5, 5.41) is 6.59. The topological polar surface area (TPSA) is 32.3 Å². The minimum Gasteiger partial charge on any atom is -0.330 e. The first-order valence-corrected chi connectivity index (χ1v) is 10.2. The molecule has 1 aliphatic rings. The van der Waals surface area contributed by atoms with Gasteiger partial charge in [-0.1, -0.05) is 36.2 Å². The molecule has 3 nitrogen and oxygen atoms in total. The van der Waals surface area contributed by atoms with Crippen LogP contribution in [0.1, 0.15) is 42.3 Å². The molecule has 2 aromatic rings. The molecule has 1 N–H and O–H groups in total. The van der Waals surface area contributed by atoms with Crippen molar-refractivity contribution in [3.8, 4) is 0 Å². The smallest absolute Gasteiger partial charge is 0.237 e. The van der Waals surface area contributed by atoms with Gasteiger partial charge in [0.05, 0.1) is 12.6 Å². The lowest BCUT2D eigenvalue weighted by Gasteiger charge is -2.37. The average molecular weight is 397 g/mol. The maximum atomic E-state index is 12.9. The molecule has 134 valence electrons. The normalized spacial score (nSPS) is 18.1. The lowest BCUT2D eigenvalue weighted by Crippen LogP contribution is -2.45. The second-order valence-corrected chi connectivity index (χ2v) is 8.24. The number of nitrogens with zero attached hydrogens (tertiary/aromatic N) is 1. The summed E-state index contributed by atoms with van der Waals surface area (Å²) >= 11 is 14.3. The summed E-state index contributed by atoms with van der Waals surface area (Å²) in [6, 6.07) is 7.80. The number of amides is 1. The number of benzene rings is 1. The molecular weight excluding hydrogens is 375 g/mol. The fourth-order valence-corrected chi connectivity index (χ4v) is 4.57. The minimum atomic E-state index is -0.147. The van der Waals surface area contributed by atoms with Crippen LogP contribution in [-0.4, -0.2) is 29.9 Å². The van der Waals surface area contributed by atoms with Crippen molar-refractivity contribution in [2.45, 2.75) is 38.8 Å². The Hall–Kier alpha value is -1.07. The fraction of sp³-hybridized carbons (Fsp3) is 0.421. The number of carbonyl (C=O) groups is 1. The summed E-state index contributed by atoms with van der Waals surface area (Å²) in [6.45, 7) is 5.25. The van der Waals surface area contributed by atoms with E-state index in [1.807, 2.05) is 17.0 Å². The third-order valence-electron chi connectivity index (χ3n) is 4.76. The summed E-state index contributed by atoms with van der Waals surface area (Å²) in [5.41, 5.74) is 2.11. The van der Waals surface area contributed by atoms with E-state index < -0.39 is 0 Å². The van der Waals surface area contributed by atoms with Crippen LogP contribution >= 0.6 is 34.5 Å². The molecule has 0 aliphatic carbocycles. The molecule has 6 heteroatoms. The lowest BCUT2D eigenvalue weighted by atomic mass is 9.93. The monoisotopic (exact) mass is 396 g/mol. The highest BCUT2D eigenvalue weighted by atomic mass is 35.5. The van der Waals surface area contributed by atoms with Crippen LogP contribution in [0.25, 0.3) is 0 Å². The summed E-state index contributed by atoms with van der Waals surface area (Å²) in [7, 11) is 0. The molecule has 1 aliphatic heterocycles. The maximum absolute atomic E-state index is 12.9. The molecule has 25 heavy (non-hydrogen) atoms. The largest absolute Gasteiger partial charge is 0.330 e. The number of carbonyl (C=O) groups excluding carboxylic acids is 1. The van der Waals surface area contributed by atoms with E-state index in [4.69, 9.17) is 23.2 Å². The van der Waals surface area contributed by atoms with Crippen LogP contribution in [0.3, 0.4) is 0 Å². The zero-order chi connectivity index (χ0) is 18.0. The minimum absolute atomic E-state index is 0.105. The molecule has 2 atom stereocenters. The van der Waals surface area contributed by atoms with Crippen molar-refractivity contribution in [3.63, 3.8) is 0 Å². The van der Waals surface area contributed by atoms with Gasteiger partial charge in [0.15, 0.2) is 0 Å². The van der Waals surface area contributed by atoms with Gasteiger partial charge in [-0.15, -0.1) is 11.3 Å². The van der Waals surface area contributed by atoms with Crippen molar-refractivity contribution in [2.75, 3.05) is 13.1 Å². The standard InChI is InChI=1S/C19H22Cl2N2OS/c1-3-12(2)22-11-18(24)23-8-6-17-15(7-9-25-17)19(23)14-5-4-13(20)10-16(14)21/h4-5,7,9-10,12,19,22H,3,6,8,11H2,1-2H3/t12-,19+/m0/s1. The van der Waals surface area contributed by atoms with Gasteiger partial charge in [-0.3, -0.25) is 4.79 Å². The van der Waals surface area contributed by atoms with Crippen molar-refractivity contribution < 1.29 is 4.79 Å². The SMILES string of the molecule is CC[C@H](C)NCC(=O)N1CCc2sccc2[C@H]1c1ccc(Cl)cc1Cl. The van der Waals surface area contributed by atoms with Crippen molar-refractivity contribution in [3.05, 3.63) is 55.7 Å². The Balaban J connectivity index is 1.93. The molecule has 0 radical (unpaired) electrons. The molecule has 1 amide bonds. The average Bonchev–Trinajstić information content (AvgIpc) is 3.07. The lowest BCUT2D eigenvalue weighted by molar-refractivity contribution is -0.132. The molecular formula is C19H22Cl2N2OS. The Bertz CT molecular complexity index is 762. The first-order valence-electron chi connectivity index (χ1n) is 8.55. The van der Waals surface area contributed by atoms with E-state index in [-0.39, 0.29) is 11.9 Å². The van der Waals surface area contributed by atoms with Gasteiger partial charge in [0, 0.05) is 27.5 Å². The summed E-state index contributed by atoms with van der Waals surface area (Å²) in [5.74, 6) is 0.105. The Morgan fingerprint density at radius 2 is 2.16 bits per heavy atom. The van der Waals surface area contributed by atoms with E-state index in [1.165, 1.54) is 10.4 Å². The predicted octanol–water partition coefficient (Wildman–Crippen LogP) is 4.92. The molecule has 1 aromatic heterocycles. The highest BCUT2D eigenvalue weighted by Crippen LogP contribution is 2.40. The highest BCUT2D eigenvalue weighted by molar-refractivity contribution is 7.10. The van der Waals surface area contributed by atoms with Gasteiger partial charge in [0.2, 0.25) is 5.91 Å². The predicted molar refractivity (Wildman–Crippen MR) is 106 cm³/mol. The van der Waals surface area contributed by atoms with Crippen LogP contribution in [-0.2, 0) is 11.2 Å². The van der Waals surface area contributed by atoms with Crippen LogP contribution in [0.15, 0.2) is 29.6 Å². The van der Waals surface area contributed by atoms with Gasteiger partial charge < -0.3 is 10.2 Å². The zero-order valence-electron chi connectivity index (χ0n) is 14.4. The van der Waals surface area contributed by atoms with Gasteiger partial charge in [-0.25, -0.2) is 0 Å². The van der Waals surface area contributed by atoms with Crippen molar-refractivity contribution in [1.82, 2.24) is 10.2 Å². The van der Waals surface area contributed by atoms with Crippen LogP contribution in [0.2, 0.25) is 10.0 Å². The van der Waals surface area contributed by atoms with Gasteiger partial charge in [-0.05, 0) is 54.5 Å². The second kappa shape index (κ2) is 8.09. The molecule has 0 saturated carbocycles. The Morgan fingerprint density at radius 1 is 1.36 bits per heavy atom. The Morgan fingerprint density at radius 3 is 2.88 bits per heavy atom. The second-order valence-electron chi connectivity index (χ2n) is 6.39. The molecule has 0 spiro atoms. The van der Waals surface area contributed by atoms with Crippen molar-refractivity contribution in [2.24, 2.45) is 0 Å². The van der Waals surface area contributed by atoms with E-state index in [0.717, 1.165) is 18.4 Å². The highest BCUT2D eigenvalue weighted by Gasteiger charge is 2.33. The molecule has 0 bridgehead atoms. The van der Waals surface area contributed by atoms with Gasteiger partial charge in [0.1, 0.15) is 0 Å². The van der Waals surface area contributed by atoms with Crippen LogP contribution in [0.4, 0.5) is 0 Å². The van der Waals surface area contributed by atoms with Crippen molar-refractivity contribution in [1.29, 1.82) is 0 Å². The Labute approximate surface area is 162 Å². The number of fused-ring (bicyclic) bond motifs is 1. The number of thiophene rings is 1. The number of nitrogens with one attached hydrogen (secondary N) is 1. The van der Waals surface area contributed by atoms with E-state index in [9.17, 15) is 4.79 Å². The third-order valence-corrected chi connectivity index (χ3v) is 6.32. The van der Waals surface area contributed by atoms with Crippen LogP contribution < -0.4 is 5.32 Å². The van der Waals surface area contributed by atoms with Crippen LogP contribution in [0, 0.1) is 0 Å². The maximum Gasteiger partial charge on any atom is 0.237 e. The van der Waals surface area contributed by atoms with Gasteiger partial charge in [-0.2, -0.15) is 0 Å². The molecule has 1 aromatic carbocycles. The molecule has 0 fully saturated rings. The molecule has 0 unspecified atom stereocenters. The quantitative estimate of drug-likeness (QED) is 0.777. The first-order chi connectivity index (χ1) is 12.0. The van der Waals surface area contributed by atoms with Crippen LogP contribution in [0.5, 0.6) is 0 Å². The van der Waals surface area contributed by atoms with E-state index in [2.05, 4.69) is 30.6 Å². The fourth-order valence-electron chi connectivity index (χ4n) is 3.15. The summed E-state index contributed by atoms with van der Waals surface area (Å²) in [6.07, 6.45) is 1.89. The third kappa shape index (κ3) is 4.03. The number of hydrogen-bond donors (Lipinski definition) is 1. The Kier molecular flexibility index (Phi) is 6.05. The zero-order valence-corrected chi connectivity index (χ0v) is 16.7. The molecule has 2 heterocycles. The number of hydrogen-bond acceptors (Lipinski definition) is 3. The molecule has 3 rings (SSSR count). The van der Waals surface area contributed by atoms with Gasteiger partial charge >= 0.3 is 0 Å². The van der Waals surface area contributed by atoms with E-state index >= 15 is 0 Å². The molecule has 0 saturated heterocycles. The van der Waals surface area contributed by atoms with Gasteiger partial charge in [0.25, 0.3) is 0 Å². The summed E-state index contributed by atoms with van der Waals surface area (Å²) in [4.78, 5) is 16.2. The first kappa shape index (κ1) is 18.7. The number of halogens is 2. The van der Waals surface area contributed by atoms with E-state index in [0.29, 0.717) is 29.2 Å². The summed E-state index contributed by atoms with van der Waals surface area (Å²) < 4.78 is 0. The number of rotatable bonds is 5. The van der Waals surface area contributed by atoms with E-state index in [1.54, 1.807) is 17.4 Å².